The molecule has 0 unspecified atom stereocenters. The van der Waals surface area contributed by atoms with Crippen molar-refractivity contribution in [1.82, 2.24) is 4.90 Å². The average molecular weight is 327 g/mol. The molecule has 0 radical (unpaired) electrons. The molecule has 2 aromatic rings. The number of para-hydroxylation sites is 1. The fraction of sp³-hybridized carbons (Fsp3) is 0.350. The van der Waals surface area contributed by atoms with Gasteiger partial charge >= 0.3 is 0 Å². The highest BCUT2D eigenvalue weighted by Gasteiger charge is 2.13. The zero-order chi connectivity index (χ0) is 17.5. The van der Waals surface area contributed by atoms with Crippen molar-refractivity contribution in [3.63, 3.8) is 0 Å². The van der Waals surface area contributed by atoms with Crippen molar-refractivity contribution in [3.8, 4) is 11.5 Å². The molecule has 0 N–H and O–H groups in total. The number of methoxy groups -OCH3 is 1. The van der Waals surface area contributed by atoms with Crippen molar-refractivity contribution in [2.45, 2.75) is 26.3 Å². The molecular formula is C20H25NO3. The lowest BCUT2D eigenvalue weighted by molar-refractivity contribution is -0.132. The highest BCUT2D eigenvalue weighted by molar-refractivity contribution is 5.77. The minimum Gasteiger partial charge on any atom is -0.497 e. The zero-order valence-electron chi connectivity index (χ0n) is 14.8. The van der Waals surface area contributed by atoms with Crippen molar-refractivity contribution in [3.05, 3.63) is 59.7 Å². The normalized spacial score (nSPS) is 10.5. The van der Waals surface area contributed by atoms with Gasteiger partial charge in [0.25, 0.3) is 5.91 Å². The second-order valence-electron chi connectivity index (χ2n) is 6.08. The first-order valence-corrected chi connectivity index (χ1v) is 8.10. The van der Waals surface area contributed by atoms with E-state index in [4.69, 9.17) is 9.47 Å². The van der Waals surface area contributed by atoms with E-state index in [-0.39, 0.29) is 12.5 Å². The van der Waals surface area contributed by atoms with Crippen LogP contribution >= 0.6 is 0 Å². The Hall–Kier alpha value is -2.49. The minimum absolute atomic E-state index is 0.0381. The van der Waals surface area contributed by atoms with Crippen molar-refractivity contribution in [2.24, 2.45) is 0 Å². The molecule has 24 heavy (non-hydrogen) atoms. The number of likely N-dealkylation sites (N-methyl/N-ethyl adjacent to an activating group) is 1. The molecule has 0 fully saturated rings. The second kappa shape index (κ2) is 8.39. The van der Waals surface area contributed by atoms with Gasteiger partial charge in [-0.2, -0.15) is 0 Å². The SMILES string of the molecule is COc1ccc(CN(C)C(=O)COc2ccccc2C(C)C)cc1. The molecule has 0 atom stereocenters. The van der Waals surface area contributed by atoms with Crippen LogP contribution in [0, 0.1) is 0 Å². The van der Waals surface area contributed by atoms with E-state index >= 15 is 0 Å². The number of nitrogens with zero attached hydrogens (tertiary/aromatic N) is 1. The predicted octanol–water partition coefficient (Wildman–Crippen LogP) is 3.86. The van der Waals surface area contributed by atoms with Crippen LogP contribution in [0.5, 0.6) is 11.5 Å². The Balaban J connectivity index is 1.92. The van der Waals surface area contributed by atoms with Gasteiger partial charge in [-0.3, -0.25) is 4.79 Å². The molecule has 0 aromatic heterocycles. The first-order chi connectivity index (χ1) is 11.5. The van der Waals surface area contributed by atoms with E-state index in [1.165, 1.54) is 0 Å². The topological polar surface area (TPSA) is 38.8 Å². The molecule has 1 amide bonds. The minimum atomic E-state index is -0.0515. The Morgan fingerprint density at radius 3 is 2.38 bits per heavy atom. The number of hydrogen-bond acceptors (Lipinski definition) is 3. The molecule has 0 aliphatic heterocycles. The standard InChI is InChI=1S/C20H25NO3/c1-15(2)18-7-5-6-8-19(18)24-14-20(22)21(3)13-16-9-11-17(23-4)12-10-16/h5-12,15H,13-14H2,1-4H3. The monoisotopic (exact) mass is 327 g/mol. The van der Waals surface area contributed by atoms with Gasteiger partial charge < -0.3 is 14.4 Å². The van der Waals surface area contributed by atoms with Crippen LogP contribution in [0.15, 0.2) is 48.5 Å². The number of carbonyl (C=O) groups is 1. The quantitative estimate of drug-likeness (QED) is 0.775. The molecule has 0 aliphatic carbocycles. The summed E-state index contributed by atoms with van der Waals surface area (Å²) in [5.41, 5.74) is 2.16. The lowest BCUT2D eigenvalue weighted by Gasteiger charge is -2.19. The molecule has 0 spiro atoms. The van der Waals surface area contributed by atoms with Gasteiger partial charge in [0, 0.05) is 13.6 Å². The van der Waals surface area contributed by atoms with Crippen molar-refractivity contribution < 1.29 is 14.3 Å². The predicted molar refractivity (Wildman–Crippen MR) is 95.5 cm³/mol. The summed E-state index contributed by atoms with van der Waals surface area (Å²) >= 11 is 0. The Kier molecular flexibility index (Phi) is 6.24. The number of hydrogen-bond donors (Lipinski definition) is 0. The van der Waals surface area contributed by atoms with Crippen molar-refractivity contribution in [2.75, 3.05) is 20.8 Å². The summed E-state index contributed by atoms with van der Waals surface area (Å²) in [6, 6.07) is 15.5. The van der Waals surface area contributed by atoms with Gasteiger partial charge in [-0.1, -0.05) is 44.2 Å². The smallest absolute Gasteiger partial charge is 0.260 e. The zero-order valence-corrected chi connectivity index (χ0v) is 14.8. The van der Waals surface area contributed by atoms with E-state index < -0.39 is 0 Å². The third-order valence-electron chi connectivity index (χ3n) is 3.90. The molecule has 0 aliphatic rings. The highest BCUT2D eigenvalue weighted by atomic mass is 16.5. The summed E-state index contributed by atoms with van der Waals surface area (Å²) in [5.74, 6) is 1.89. The van der Waals surface area contributed by atoms with Gasteiger partial charge in [0.1, 0.15) is 11.5 Å². The van der Waals surface area contributed by atoms with Gasteiger partial charge in [0.15, 0.2) is 6.61 Å². The summed E-state index contributed by atoms with van der Waals surface area (Å²) < 4.78 is 10.9. The molecule has 4 nitrogen and oxygen atoms in total. The lowest BCUT2D eigenvalue weighted by atomic mass is 10.0. The summed E-state index contributed by atoms with van der Waals surface area (Å²) in [5, 5.41) is 0. The van der Waals surface area contributed by atoms with Gasteiger partial charge in [-0.25, -0.2) is 0 Å². The van der Waals surface area contributed by atoms with Crippen molar-refractivity contribution in [1.29, 1.82) is 0 Å². The van der Waals surface area contributed by atoms with E-state index in [0.717, 1.165) is 22.6 Å². The van der Waals surface area contributed by atoms with Crippen LogP contribution in [0.4, 0.5) is 0 Å². The number of carbonyl (C=O) groups excluding carboxylic acids is 1. The van der Waals surface area contributed by atoms with Crippen LogP contribution in [0.25, 0.3) is 0 Å². The lowest BCUT2D eigenvalue weighted by Crippen LogP contribution is -2.31. The molecule has 2 rings (SSSR count). The van der Waals surface area contributed by atoms with Gasteiger partial charge in [-0.15, -0.1) is 0 Å². The summed E-state index contributed by atoms with van der Waals surface area (Å²) in [6.07, 6.45) is 0. The maximum atomic E-state index is 12.3. The van der Waals surface area contributed by atoms with E-state index in [1.807, 2.05) is 48.5 Å². The molecule has 4 heteroatoms. The first-order valence-electron chi connectivity index (χ1n) is 8.10. The number of ether oxygens (including phenoxy) is 2. The van der Waals surface area contributed by atoms with Crippen LogP contribution in [-0.4, -0.2) is 31.6 Å². The van der Waals surface area contributed by atoms with Crippen LogP contribution < -0.4 is 9.47 Å². The number of amides is 1. The summed E-state index contributed by atoms with van der Waals surface area (Å²) in [7, 11) is 3.42. The second-order valence-corrected chi connectivity index (χ2v) is 6.08. The first kappa shape index (κ1) is 17.9. The highest BCUT2D eigenvalue weighted by Crippen LogP contribution is 2.25. The molecular weight excluding hydrogens is 302 g/mol. The maximum Gasteiger partial charge on any atom is 0.260 e. The van der Waals surface area contributed by atoms with Gasteiger partial charge in [-0.05, 0) is 35.2 Å². The van der Waals surface area contributed by atoms with E-state index in [1.54, 1.807) is 19.1 Å². The number of rotatable bonds is 7. The van der Waals surface area contributed by atoms with Crippen molar-refractivity contribution >= 4 is 5.91 Å². The Labute approximate surface area is 144 Å². The van der Waals surface area contributed by atoms with Crippen LogP contribution in [0.1, 0.15) is 30.9 Å². The number of benzene rings is 2. The largest absolute Gasteiger partial charge is 0.497 e. The molecule has 0 saturated carbocycles. The fourth-order valence-corrected chi connectivity index (χ4v) is 2.43. The Bertz CT molecular complexity index is 665. The Morgan fingerprint density at radius 1 is 1.08 bits per heavy atom. The van der Waals surface area contributed by atoms with Gasteiger partial charge in [0.2, 0.25) is 0 Å². The summed E-state index contributed by atoms with van der Waals surface area (Å²) in [6.45, 7) is 4.80. The van der Waals surface area contributed by atoms with Gasteiger partial charge in [0.05, 0.1) is 7.11 Å². The maximum absolute atomic E-state index is 12.3. The average Bonchev–Trinajstić information content (AvgIpc) is 2.60. The molecule has 128 valence electrons. The van der Waals surface area contributed by atoms with Crippen LogP contribution in [-0.2, 0) is 11.3 Å². The molecule has 0 bridgehead atoms. The Morgan fingerprint density at radius 2 is 1.75 bits per heavy atom. The van der Waals surface area contributed by atoms with E-state index in [9.17, 15) is 4.79 Å². The molecule has 0 saturated heterocycles. The third-order valence-corrected chi connectivity index (χ3v) is 3.90. The van der Waals surface area contributed by atoms with E-state index in [0.29, 0.717) is 12.5 Å². The van der Waals surface area contributed by atoms with Crippen LogP contribution in [0.2, 0.25) is 0 Å². The summed E-state index contributed by atoms with van der Waals surface area (Å²) in [4.78, 5) is 14.0. The fourth-order valence-electron chi connectivity index (χ4n) is 2.43. The molecule has 0 heterocycles. The van der Waals surface area contributed by atoms with Crippen LogP contribution in [0.3, 0.4) is 0 Å². The molecule has 2 aromatic carbocycles. The third kappa shape index (κ3) is 4.75. The van der Waals surface area contributed by atoms with E-state index in [2.05, 4.69) is 13.8 Å².